The van der Waals surface area contributed by atoms with Crippen LogP contribution in [-0.4, -0.2) is 41.0 Å². The second kappa shape index (κ2) is 8.41. The van der Waals surface area contributed by atoms with Crippen LogP contribution in [0.25, 0.3) is 0 Å². The average molecular weight is 399 g/mol. The predicted octanol–water partition coefficient (Wildman–Crippen LogP) is 4.02. The number of ether oxygens (including phenoxy) is 2. The van der Waals surface area contributed by atoms with Gasteiger partial charge in [0, 0.05) is 41.9 Å². The molecular formula is C21H26N4O2S. The molecule has 0 bridgehead atoms. The molecule has 28 heavy (non-hydrogen) atoms. The van der Waals surface area contributed by atoms with Gasteiger partial charge in [0.15, 0.2) is 5.17 Å². The van der Waals surface area contributed by atoms with Gasteiger partial charge < -0.3 is 14.0 Å². The smallest absolute Gasteiger partial charge is 0.182 e. The van der Waals surface area contributed by atoms with Crippen LogP contribution in [0.1, 0.15) is 29.8 Å². The molecule has 1 atom stereocenters. The quantitative estimate of drug-likeness (QED) is 0.826. The highest BCUT2D eigenvalue weighted by Crippen LogP contribution is 2.25. The van der Waals surface area contributed by atoms with Crippen LogP contribution in [-0.2, 0) is 11.3 Å². The van der Waals surface area contributed by atoms with Gasteiger partial charge in [0.1, 0.15) is 5.75 Å². The first-order valence-electron chi connectivity index (χ1n) is 9.61. The molecule has 3 heterocycles. The number of amidine groups is 1. The van der Waals surface area contributed by atoms with Crippen molar-refractivity contribution in [3.05, 3.63) is 47.3 Å². The Hall–Kier alpha value is -2.25. The molecule has 1 N–H and O–H groups in total. The number of rotatable bonds is 5. The molecule has 0 aliphatic carbocycles. The minimum absolute atomic E-state index is 0.333. The van der Waals surface area contributed by atoms with Crippen LogP contribution in [0.4, 0.5) is 5.69 Å². The molecule has 0 amide bonds. The van der Waals surface area contributed by atoms with E-state index in [1.54, 1.807) is 18.9 Å². The number of methoxy groups -OCH3 is 1. The van der Waals surface area contributed by atoms with Crippen molar-refractivity contribution in [1.82, 2.24) is 9.99 Å². The van der Waals surface area contributed by atoms with Crippen molar-refractivity contribution in [2.75, 3.05) is 19.5 Å². The molecule has 2 aromatic rings. The summed E-state index contributed by atoms with van der Waals surface area (Å²) in [6, 6.07) is 9.94. The summed E-state index contributed by atoms with van der Waals surface area (Å²) in [5, 5.41) is 5.40. The molecule has 2 aliphatic heterocycles. The first-order valence-corrected chi connectivity index (χ1v) is 10.6. The maximum Gasteiger partial charge on any atom is 0.182 e. The molecule has 4 rings (SSSR count). The standard InChI is InChI=1S/C21H26N4O2S/c1-14-10-19(15(2)25(14)12-18-8-5-9-27-18)20-13-28-21(24-23-20)22-16-6-4-7-17(11-16)26-3/h4,6-7,10-11,18H,5,8-9,12-13H2,1-3H3,(H,22,24)/t18-/m0/s1. The Kier molecular flexibility index (Phi) is 5.73. The Balaban J connectivity index is 1.49. The molecule has 1 saturated heterocycles. The SMILES string of the molecule is COc1cccc(N=C2NN=C(c3cc(C)n(C[C@@H]4CCCO4)c3C)CS2)c1. The summed E-state index contributed by atoms with van der Waals surface area (Å²) in [6.07, 6.45) is 2.65. The van der Waals surface area contributed by atoms with Gasteiger partial charge in [-0.15, -0.1) is 0 Å². The van der Waals surface area contributed by atoms with E-state index in [2.05, 4.69) is 40.0 Å². The lowest BCUT2D eigenvalue weighted by molar-refractivity contribution is 0.0962. The van der Waals surface area contributed by atoms with Crippen molar-refractivity contribution in [1.29, 1.82) is 0 Å². The fraction of sp³-hybridized carbons (Fsp3) is 0.429. The number of hydrazone groups is 1. The summed E-state index contributed by atoms with van der Waals surface area (Å²) in [6.45, 7) is 6.14. The Labute approximate surface area is 170 Å². The largest absolute Gasteiger partial charge is 0.497 e. The van der Waals surface area contributed by atoms with Crippen LogP contribution in [0.5, 0.6) is 5.75 Å². The zero-order valence-corrected chi connectivity index (χ0v) is 17.4. The van der Waals surface area contributed by atoms with Gasteiger partial charge in [0.2, 0.25) is 0 Å². The van der Waals surface area contributed by atoms with E-state index in [9.17, 15) is 0 Å². The lowest BCUT2D eigenvalue weighted by Gasteiger charge is -2.17. The lowest BCUT2D eigenvalue weighted by Crippen LogP contribution is -2.25. The molecule has 0 saturated carbocycles. The van der Waals surface area contributed by atoms with Crippen molar-refractivity contribution in [2.24, 2.45) is 10.1 Å². The first-order chi connectivity index (χ1) is 13.6. The zero-order valence-electron chi connectivity index (χ0n) is 16.6. The molecule has 0 spiro atoms. The van der Waals surface area contributed by atoms with E-state index in [-0.39, 0.29) is 0 Å². The van der Waals surface area contributed by atoms with Crippen molar-refractivity contribution in [2.45, 2.75) is 39.3 Å². The van der Waals surface area contributed by atoms with E-state index in [0.29, 0.717) is 6.10 Å². The molecule has 1 fully saturated rings. The minimum Gasteiger partial charge on any atom is -0.497 e. The highest BCUT2D eigenvalue weighted by molar-refractivity contribution is 8.14. The van der Waals surface area contributed by atoms with Crippen molar-refractivity contribution in [3.8, 4) is 5.75 Å². The van der Waals surface area contributed by atoms with E-state index in [1.165, 1.54) is 23.4 Å². The first kappa shape index (κ1) is 19.1. The van der Waals surface area contributed by atoms with Crippen molar-refractivity contribution in [3.63, 3.8) is 0 Å². The third-order valence-corrected chi connectivity index (χ3v) is 6.08. The highest BCUT2D eigenvalue weighted by atomic mass is 32.2. The molecule has 6 nitrogen and oxygen atoms in total. The number of aromatic nitrogens is 1. The minimum atomic E-state index is 0.333. The van der Waals surface area contributed by atoms with Crippen LogP contribution in [0.3, 0.4) is 0 Å². The van der Waals surface area contributed by atoms with Crippen LogP contribution < -0.4 is 10.2 Å². The van der Waals surface area contributed by atoms with Gasteiger partial charge >= 0.3 is 0 Å². The van der Waals surface area contributed by atoms with Crippen LogP contribution in [0.2, 0.25) is 0 Å². The topological polar surface area (TPSA) is 60.1 Å². The third kappa shape index (κ3) is 4.10. The van der Waals surface area contributed by atoms with Gasteiger partial charge in [-0.05, 0) is 44.9 Å². The summed E-state index contributed by atoms with van der Waals surface area (Å²) in [5.74, 6) is 1.59. The summed E-state index contributed by atoms with van der Waals surface area (Å²) in [4.78, 5) is 4.63. The molecule has 1 aromatic carbocycles. The summed E-state index contributed by atoms with van der Waals surface area (Å²) in [5.41, 5.74) is 8.73. The average Bonchev–Trinajstić information content (AvgIpc) is 3.33. The van der Waals surface area contributed by atoms with Gasteiger partial charge in [0.25, 0.3) is 0 Å². The van der Waals surface area contributed by atoms with Crippen LogP contribution >= 0.6 is 11.8 Å². The molecule has 0 radical (unpaired) electrons. The fourth-order valence-electron chi connectivity index (χ4n) is 3.68. The zero-order chi connectivity index (χ0) is 19.5. The maximum atomic E-state index is 5.82. The van der Waals surface area contributed by atoms with Gasteiger partial charge in [-0.1, -0.05) is 17.8 Å². The highest BCUT2D eigenvalue weighted by Gasteiger charge is 2.22. The van der Waals surface area contributed by atoms with Crippen LogP contribution in [0, 0.1) is 13.8 Å². The number of hydrogen-bond donors (Lipinski definition) is 1. The molecule has 2 aliphatic rings. The maximum absolute atomic E-state index is 5.82. The van der Waals surface area contributed by atoms with Crippen molar-refractivity contribution >= 4 is 28.3 Å². The number of nitrogens with zero attached hydrogens (tertiary/aromatic N) is 3. The van der Waals surface area contributed by atoms with Gasteiger partial charge in [-0.2, -0.15) is 5.10 Å². The number of aliphatic imine (C=N–C) groups is 1. The van der Waals surface area contributed by atoms with Gasteiger partial charge in [-0.3, -0.25) is 5.43 Å². The molecule has 148 valence electrons. The predicted molar refractivity (Wildman–Crippen MR) is 115 cm³/mol. The number of aryl methyl sites for hydroxylation is 1. The monoisotopic (exact) mass is 398 g/mol. The second-order valence-electron chi connectivity index (χ2n) is 7.11. The lowest BCUT2D eigenvalue weighted by atomic mass is 10.1. The van der Waals surface area contributed by atoms with Gasteiger partial charge in [0.05, 0.1) is 24.6 Å². The van der Waals surface area contributed by atoms with E-state index in [4.69, 9.17) is 9.47 Å². The van der Waals surface area contributed by atoms with Crippen LogP contribution in [0.15, 0.2) is 40.4 Å². The second-order valence-corrected chi connectivity index (χ2v) is 8.07. The van der Waals surface area contributed by atoms with Crippen molar-refractivity contribution < 1.29 is 9.47 Å². The molecule has 1 aromatic heterocycles. The summed E-state index contributed by atoms with van der Waals surface area (Å²) >= 11 is 1.66. The third-order valence-electron chi connectivity index (χ3n) is 5.21. The molecule has 7 heteroatoms. The Bertz CT molecular complexity index is 913. The van der Waals surface area contributed by atoms with E-state index >= 15 is 0 Å². The van der Waals surface area contributed by atoms with E-state index in [0.717, 1.165) is 47.6 Å². The summed E-state index contributed by atoms with van der Waals surface area (Å²) in [7, 11) is 1.66. The van der Waals surface area contributed by atoms with E-state index < -0.39 is 0 Å². The summed E-state index contributed by atoms with van der Waals surface area (Å²) < 4.78 is 13.4. The number of benzene rings is 1. The van der Waals surface area contributed by atoms with E-state index in [1.807, 2.05) is 24.3 Å². The number of thioether (sulfide) groups is 1. The number of hydrogen-bond acceptors (Lipinski definition) is 5. The van der Waals surface area contributed by atoms with Gasteiger partial charge in [-0.25, -0.2) is 4.99 Å². The Morgan fingerprint density at radius 3 is 2.96 bits per heavy atom. The number of nitrogens with one attached hydrogen (secondary N) is 1. The fourth-order valence-corrected chi connectivity index (χ4v) is 4.45. The normalized spacial score (nSPS) is 20.9. The molecular weight excluding hydrogens is 372 g/mol. The molecule has 0 unspecified atom stereocenters. The Morgan fingerprint density at radius 1 is 1.36 bits per heavy atom. The Morgan fingerprint density at radius 2 is 2.25 bits per heavy atom.